The van der Waals surface area contributed by atoms with Crippen molar-refractivity contribution in [1.29, 1.82) is 0 Å². The third kappa shape index (κ3) is 4.01. The highest BCUT2D eigenvalue weighted by molar-refractivity contribution is 9.09. The molecular formula is C13H23BrO2. The van der Waals surface area contributed by atoms with Crippen molar-refractivity contribution in [3.8, 4) is 0 Å². The zero-order valence-corrected chi connectivity index (χ0v) is 11.6. The van der Waals surface area contributed by atoms with Gasteiger partial charge in [-0.2, -0.15) is 0 Å². The van der Waals surface area contributed by atoms with E-state index in [1.807, 2.05) is 0 Å². The van der Waals surface area contributed by atoms with Gasteiger partial charge in [0.1, 0.15) is 0 Å². The largest absolute Gasteiger partial charge is 0.381 e. The maximum atomic E-state index is 6.25. The van der Waals surface area contributed by atoms with Crippen LogP contribution in [0.1, 0.15) is 51.4 Å². The van der Waals surface area contributed by atoms with Crippen molar-refractivity contribution in [2.75, 3.05) is 13.2 Å². The molecule has 0 aromatic heterocycles. The molecule has 94 valence electrons. The van der Waals surface area contributed by atoms with Crippen molar-refractivity contribution in [1.82, 2.24) is 0 Å². The lowest BCUT2D eigenvalue weighted by Gasteiger charge is -2.31. The van der Waals surface area contributed by atoms with Crippen LogP contribution in [-0.2, 0) is 9.47 Å². The highest BCUT2D eigenvalue weighted by atomic mass is 79.9. The second-order valence-corrected chi connectivity index (χ2v) is 6.17. The summed E-state index contributed by atoms with van der Waals surface area (Å²) in [7, 11) is 0. The Balaban J connectivity index is 1.79. The first-order chi connectivity index (χ1) is 7.86. The average Bonchev–Trinajstić information content (AvgIpc) is 2.30. The fourth-order valence-corrected chi connectivity index (χ4v) is 3.33. The molecule has 2 fully saturated rings. The Morgan fingerprint density at radius 2 is 1.56 bits per heavy atom. The molecule has 2 unspecified atom stereocenters. The summed E-state index contributed by atoms with van der Waals surface area (Å²) in [4.78, 5) is 0.565. The predicted octanol–water partition coefficient (Wildman–Crippen LogP) is 3.67. The Bertz CT molecular complexity index is 192. The van der Waals surface area contributed by atoms with Gasteiger partial charge in [-0.15, -0.1) is 0 Å². The van der Waals surface area contributed by atoms with E-state index in [1.165, 1.54) is 38.5 Å². The van der Waals surface area contributed by atoms with Gasteiger partial charge in [-0.05, 0) is 25.7 Å². The fourth-order valence-electron chi connectivity index (χ4n) is 2.62. The van der Waals surface area contributed by atoms with Gasteiger partial charge in [0.15, 0.2) is 0 Å². The van der Waals surface area contributed by atoms with Crippen LogP contribution < -0.4 is 0 Å². The van der Waals surface area contributed by atoms with Crippen molar-refractivity contribution in [3.63, 3.8) is 0 Å². The summed E-state index contributed by atoms with van der Waals surface area (Å²) in [6.07, 6.45) is 11.0. The predicted molar refractivity (Wildman–Crippen MR) is 69.1 cm³/mol. The molecule has 0 aromatic carbocycles. The van der Waals surface area contributed by atoms with Gasteiger partial charge in [-0.1, -0.05) is 41.6 Å². The molecule has 1 heterocycles. The minimum atomic E-state index is 0.434. The summed E-state index contributed by atoms with van der Waals surface area (Å²) in [5.74, 6) is 0. The molecular weight excluding hydrogens is 268 g/mol. The molecule has 1 aliphatic heterocycles. The summed E-state index contributed by atoms with van der Waals surface area (Å²) in [5.41, 5.74) is 0. The normalized spacial score (nSPS) is 34.3. The lowest BCUT2D eigenvalue weighted by atomic mass is 9.98. The van der Waals surface area contributed by atoms with Gasteiger partial charge in [0.2, 0.25) is 0 Å². The quantitative estimate of drug-likeness (QED) is 0.723. The Labute approximate surface area is 107 Å². The first kappa shape index (κ1) is 12.8. The van der Waals surface area contributed by atoms with E-state index in [0.29, 0.717) is 17.0 Å². The molecule has 16 heavy (non-hydrogen) atoms. The minimum absolute atomic E-state index is 0.434. The van der Waals surface area contributed by atoms with Gasteiger partial charge in [0.25, 0.3) is 0 Å². The Morgan fingerprint density at radius 3 is 2.31 bits per heavy atom. The molecule has 0 bridgehead atoms. The maximum Gasteiger partial charge on any atom is 0.0703 e. The smallest absolute Gasteiger partial charge is 0.0703 e. The number of ether oxygens (including phenoxy) is 2. The minimum Gasteiger partial charge on any atom is -0.381 e. The van der Waals surface area contributed by atoms with Crippen LogP contribution in [0, 0.1) is 0 Å². The van der Waals surface area contributed by atoms with Crippen LogP contribution >= 0.6 is 15.9 Å². The van der Waals surface area contributed by atoms with E-state index in [1.54, 1.807) is 0 Å². The highest BCUT2D eigenvalue weighted by Gasteiger charge is 2.25. The fraction of sp³-hybridized carbons (Fsp3) is 1.00. The summed E-state index contributed by atoms with van der Waals surface area (Å²) in [6.45, 7) is 1.76. The van der Waals surface area contributed by atoms with Crippen molar-refractivity contribution >= 4 is 15.9 Å². The lowest BCUT2D eigenvalue weighted by Crippen LogP contribution is -2.33. The Morgan fingerprint density at radius 1 is 0.875 bits per heavy atom. The lowest BCUT2D eigenvalue weighted by molar-refractivity contribution is -0.0721. The van der Waals surface area contributed by atoms with Crippen LogP contribution in [0.2, 0.25) is 0 Å². The van der Waals surface area contributed by atoms with E-state index in [4.69, 9.17) is 9.47 Å². The second-order valence-electron chi connectivity index (χ2n) is 4.99. The van der Waals surface area contributed by atoms with E-state index < -0.39 is 0 Å². The molecule has 2 nitrogen and oxygen atoms in total. The van der Waals surface area contributed by atoms with Gasteiger partial charge in [0.05, 0.1) is 12.2 Å². The molecule has 0 aromatic rings. The van der Waals surface area contributed by atoms with Crippen molar-refractivity contribution in [2.45, 2.75) is 68.4 Å². The van der Waals surface area contributed by atoms with Gasteiger partial charge < -0.3 is 9.47 Å². The third-order valence-corrected chi connectivity index (χ3v) is 4.71. The van der Waals surface area contributed by atoms with Gasteiger partial charge in [-0.3, -0.25) is 0 Å². The molecule has 0 N–H and O–H groups in total. The SMILES string of the molecule is BrC1CCCCCCC1OC1CCOCC1. The zero-order valence-electron chi connectivity index (χ0n) is 10.00. The zero-order chi connectivity index (χ0) is 11.2. The average molecular weight is 291 g/mol. The van der Waals surface area contributed by atoms with Gasteiger partial charge >= 0.3 is 0 Å². The summed E-state index contributed by atoms with van der Waals surface area (Å²) < 4.78 is 11.6. The first-order valence-corrected chi connectivity index (χ1v) is 7.65. The molecule has 2 aliphatic rings. The van der Waals surface area contributed by atoms with E-state index in [2.05, 4.69) is 15.9 Å². The molecule has 0 radical (unpaired) electrons. The van der Waals surface area contributed by atoms with Crippen LogP contribution in [0.25, 0.3) is 0 Å². The molecule has 1 saturated carbocycles. The number of hydrogen-bond acceptors (Lipinski definition) is 2. The highest BCUT2D eigenvalue weighted by Crippen LogP contribution is 2.27. The van der Waals surface area contributed by atoms with Gasteiger partial charge in [-0.25, -0.2) is 0 Å². The van der Waals surface area contributed by atoms with Crippen LogP contribution in [0.15, 0.2) is 0 Å². The van der Waals surface area contributed by atoms with Crippen LogP contribution in [0.4, 0.5) is 0 Å². The Hall–Kier alpha value is 0.400. The summed E-state index contributed by atoms with van der Waals surface area (Å²) in [5, 5.41) is 0. The van der Waals surface area contributed by atoms with Crippen molar-refractivity contribution in [3.05, 3.63) is 0 Å². The van der Waals surface area contributed by atoms with Gasteiger partial charge in [0, 0.05) is 18.0 Å². The molecule has 3 heteroatoms. The maximum absolute atomic E-state index is 6.25. The van der Waals surface area contributed by atoms with E-state index in [9.17, 15) is 0 Å². The number of hydrogen-bond donors (Lipinski definition) is 0. The number of rotatable bonds is 2. The first-order valence-electron chi connectivity index (χ1n) is 6.73. The van der Waals surface area contributed by atoms with E-state index >= 15 is 0 Å². The molecule has 1 aliphatic carbocycles. The van der Waals surface area contributed by atoms with Crippen molar-refractivity contribution in [2.24, 2.45) is 0 Å². The Kier molecular flexibility index (Phi) is 5.60. The van der Waals surface area contributed by atoms with Crippen LogP contribution in [0.5, 0.6) is 0 Å². The second kappa shape index (κ2) is 6.97. The third-order valence-electron chi connectivity index (χ3n) is 3.66. The monoisotopic (exact) mass is 290 g/mol. The molecule has 0 amide bonds. The number of halogens is 1. The summed E-state index contributed by atoms with van der Waals surface area (Å²) in [6, 6.07) is 0. The number of alkyl halides is 1. The van der Waals surface area contributed by atoms with Crippen LogP contribution in [0.3, 0.4) is 0 Å². The standard InChI is InChI=1S/C13H23BrO2/c14-12-5-3-1-2-4-6-13(12)16-11-7-9-15-10-8-11/h11-13H,1-10H2. The summed E-state index contributed by atoms with van der Waals surface area (Å²) >= 11 is 3.81. The molecule has 0 spiro atoms. The van der Waals surface area contributed by atoms with E-state index in [-0.39, 0.29) is 0 Å². The topological polar surface area (TPSA) is 18.5 Å². The molecule has 2 atom stereocenters. The van der Waals surface area contributed by atoms with E-state index in [0.717, 1.165) is 26.1 Å². The van der Waals surface area contributed by atoms with Crippen LogP contribution in [-0.4, -0.2) is 30.2 Å². The molecule has 2 rings (SSSR count). The van der Waals surface area contributed by atoms with Crippen molar-refractivity contribution < 1.29 is 9.47 Å². The molecule has 1 saturated heterocycles.